The first-order valence-electron chi connectivity index (χ1n) is 7.75. The van der Waals surface area contributed by atoms with Crippen LogP contribution in [-0.2, 0) is 17.6 Å². The van der Waals surface area contributed by atoms with Crippen LogP contribution in [0.25, 0.3) is 0 Å². The van der Waals surface area contributed by atoms with Gasteiger partial charge in [-0.05, 0) is 37.0 Å². The molecule has 0 aliphatic heterocycles. The summed E-state index contributed by atoms with van der Waals surface area (Å²) in [6, 6.07) is 7.16. The van der Waals surface area contributed by atoms with E-state index >= 15 is 0 Å². The lowest BCUT2D eigenvalue weighted by Gasteiger charge is -2.06. The van der Waals surface area contributed by atoms with Crippen LogP contribution >= 0.6 is 11.3 Å². The number of amides is 1. The first-order valence-corrected chi connectivity index (χ1v) is 8.56. The van der Waals surface area contributed by atoms with Crippen molar-refractivity contribution < 1.29 is 19.4 Å². The second-order valence-electron chi connectivity index (χ2n) is 5.20. The van der Waals surface area contributed by atoms with Crippen LogP contribution in [0.2, 0.25) is 0 Å². The molecule has 1 aromatic heterocycles. The van der Waals surface area contributed by atoms with Crippen molar-refractivity contribution >= 4 is 23.2 Å². The Labute approximate surface area is 144 Å². The summed E-state index contributed by atoms with van der Waals surface area (Å²) in [7, 11) is 0. The van der Waals surface area contributed by atoms with Crippen molar-refractivity contribution in [3.05, 3.63) is 45.9 Å². The summed E-state index contributed by atoms with van der Waals surface area (Å²) in [5.41, 5.74) is 1.04. The van der Waals surface area contributed by atoms with Gasteiger partial charge in [0.05, 0.1) is 11.2 Å². The lowest BCUT2D eigenvalue weighted by molar-refractivity contribution is -0.139. The number of aliphatic carboxylic acids is 1. The maximum Gasteiger partial charge on any atom is 0.341 e. The highest BCUT2D eigenvalue weighted by molar-refractivity contribution is 7.13. The number of aryl methyl sites for hydroxylation is 1. The molecular formula is C17H20N2O4S. The predicted molar refractivity (Wildman–Crippen MR) is 91.7 cm³/mol. The Hall–Kier alpha value is -2.41. The average Bonchev–Trinajstić information content (AvgIpc) is 3.03. The lowest BCUT2D eigenvalue weighted by atomic mass is 10.1. The smallest absolute Gasteiger partial charge is 0.341 e. The number of carbonyl (C=O) groups is 2. The molecule has 24 heavy (non-hydrogen) atoms. The molecule has 0 aliphatic rings. The summed E-state index contributed by atoms with van der Waals surface area (Å²) in [5.74, 6) is -0.596. The molecule has 7 heteroatoms. The van der Waals surface area contributed by atoms with Gasteiger partial charge in [0.2, 0.25) is 0 Å². The van der Waals surface area contributed by atoms with Gasteiger partial charge in [-0.15, -0.1) is 11.3 Å². The molecule has 0 saturated heterocycles. The van der Waals surface area contributed by atoms with Gasteiger partial charge in [-0.2, -0.15) is 0 Å². The lowest BCUT2D eigenvalue weighted by Crippen LogP contribution is -2.24. The number of aromatic nitrogens is 1. The summed E-state index contributed by atoms with van der Waals surface area (Å²) >= 11 is 1.43. The molecule has 0 saturated carbocycles. The second-order valence-corrected chi connectivity index (χ2v) is 6.32. The van der Waals surface area contributed by atoms with E-state index in [1.54, 1.807) is 18.3 Å². The van der Waals surface area contributed by atoms with Gasteiger partial charge in [-0.3, -0.25) is 4.79 Å². The molecule has 0 radical (unpaired) electrons. The Morgan fingerprint density at radius 2 is 2.00 bits per heavy atom. The first-order chi connectivity index (χ1) is 11.6. The van der Waals surface area contributed by atoms with Crippen molar-refractivity contribution in [1.29, 1.82) is 0 Å². The Kier molecular flexibility index (Phi) is 6.74. The van der Waals surface area contributed by atoms with Gasteiger partial charge in [0.1, 0.15) is 10.6 Å². The maximum absolute atomic E-state index is 12.0. The molecular weight excluding hydrogens is 328 g/mol. The zero-order chi connectivity index (χ0) is 17.4. The third-order valence-corrected chi connectivity index (χ3v) is 4.28. The molecule has 0 fully saturated rings. The van der Waals surface area contributed by atoms with Crippen LogP contribution in [0.5, 0.6) is 5.75 Å². The van der Waals surface area contributed by atoms with Crippen molar-refractivity contribution in [2.24, 2.45) is 0 Å². The zero-order valence-electron chi connectivity index (χ0n) is 13.4. The molecule has 0 bridgehead atoms. The van der Waals surface area contributed by atoms with Crippen LogP contribution < -0.4 is 10.1 Å². The van der Waals surface area contributed by atoms with Crippen molar-refractivity contribution in [1.82, 2.24) is 10.3 Å². The van der Waals surface area contributed by atoms with E-state index in [0.29, 0.717) is 23.6 Å². The highest BCUT2D eigenvalue weighted by Gasteiger charge is 2.09. The molecule has 1 aromatic carbocycles. The van der Waals surface area contributed by atoms with Crippen LogP contribution in [0.15, 0.2) is 30.5 Å². The Bertz CT molecular complexity index is 682. The third-order valence-electron chi connectivity index (χ3n) is 3.23. The van der Waals surface area contributed by atoms with E-state index in [0.717, 1.165) is 23.4 Å². The number of carboxylic acid groups (broad SMARTS) is 1. The fraction of sp³-hybridized carbons (Fsp3) is 0.353. The molecule has 128 valence electrons. The zero-order valence-corrected chi connectivity index (χ0v) is 14.3. The van der Waals surface area contributed by atoms with Crippen LogP contribution in [-0.4, -0.2) is 35.1 Å². The molecule has 6 nitrogen and oxygen atoms in total. The van der Waals surface area contributed by atoms with Gasteiger partial charge in [0.25, 0.3) is 5.91 Å². The number of carbonyl (C=O) groups excluding carboxylic acids is 1. The third kappa shape index (κ3) is 5.66. The number of ether oxygens (including phenoxy) is 1. The van der Waals surface area contributed by atoms with E-state index in [9.17, 15) is 9.59 Å². The van der Waals surface area contributed by atoms with E-state index in [4.69, 9.17) is 9.84 Å². The minimum absolute atomic E-state index is 0.101. The normalized spacial score (nSPS) is 10.4. The molecule has 1 heterocycles. The Morgan fingerprint density at radius 1 is 1.25 bits per heavy atom. The van der Waals surface area contributed by atoms with Gasteiger partial charge in [0, 0.05) is 6.54 Å². The maximum atomic E-state index is 12.0. The van der Waals surface area contributed by atoms with Crippen molar-refractivity contribution in [2.75, 3.05) is 13.2 Å². The number of thiazole rings is 1. The van der Waals surface area contributed by atoms with Gasteiger partial charge in [-0.1, -0.05) is 19.1 Å². The molecule has 2 rings (SSSR count). The number of carboxylic acids is 1. The molecule has 0 spiro atoms. The Balaban J connectivity index is 1.76. The van der Waals surface area contributed by atoms with Gasteiger partial charge >= 0.3 is 5.97 Å². The second kappa shape index (κ2) is 9.02. The van der Waals surface area contributed by atoms with Crippen LogP contribution in [0.4, 0.5) is 0 Å². The minimum atomic E-state index is -1.01. The molecule has 2 aromatic rings. The summed E-state index contributed by atoms with van der Waals surface area (Å²) in [4.78, 5) is 27.3. The fourth-order valence-corrected chi connectivity index (χ4v) is 2.99. The van der Waals surface area contributed by atoms with Crippen LogP contribution in [0.3, 0.4) is 0 Å². The van der Waals surface area contributed by atoms with E-state index in [-0.39, 0.29) is 12.5 Å². The van der Waals surface area contributed by atoms with Crippen molar-refractivity contribution in [3.63, 3.8) is 0 Å². The Morgan fingerprint density at radius 3 is 2.67 bits per heavy atom. The number of rotatable bonds is 9. The highest BCUT2D eigenvalue weighted by Crippen LogP contribution is 2.15. The van der Waals surface area contributed by atoms with Crippen molar-refractivity contribution in [2.45, 2.75) is 26.2 Å². The van der Waals surface area contributed by atoms with Gasteiger partial charge < -0.3 is 15.2 Å². The molecule has 0 atom stereocenters. The largest absolute Gasteiger partial charge is 0.482 e. The van der Waals surface area contributed by atoms with Gasteiger partial charge in [-0.25, -0.2) is 9.78 Å². The standard InChI is InChI=1S/C17H20N2O4S/c1-2-3-15-19-10-14(24-15)17(22)18-9-8-12-4-6-13(7-5-12)23-11-16(20)21/h4-7,10H,2-3,8-9,11H2,1H3,(H,18,22)(H,20,21). The summed E-state index contributed by atoms with van der Waals surface area (Å²) in [6.07, 6.45) is 4.22. The monoisotopic (exact) mass is 348 g/mol. The topological polar surface area (TPSA) is 88.5 Å². The average molecular weight is 348 g/mol. The summed E-state index contributed by atoms with van der Waals surface area (Å²) in [5, 5.41) is 12.4. The predicted octanol–water partition coefficient (Wildman–Crippen LogP) is 2.53. The number of benzene rings is 1. The van der Waals surface area contributed by atoms with E-state index < -0.39 is 5.97 Å². The quantitative estimate of drug-likeness (QED) is 0.727. The van der Waals surface area contributed by atoms with Crippen LogP contribution in [0.1, 0.15) is 33.6 Å². The van der Waals surface area contributed by atoms with Crippen molar-refractivity contribution in [3.8, 4) is 5.75 Å². The number of hydrogen-bond acceptors (Lipinski definition) is 5. The fourth-order valence-electron chi connectivity index (χ4n) is 2.05. The molecule has 1 amide bonds. The minimum Gasteiger partial charge on any atom is -0.482 e. The summed E-state index contributed by atoms with van der Waals surface area (Å²) in [6.45, 7) is 2.25. The highest BCUT2D eigenvalue weighted by atomic mass is 32.1. The van der Waals surface area contributed by atoms with E-state index in [1.165, 1.54) is 11.3 Å². The first kappa shape index (κ1) is 17.9. The number of nitrogens with one attached hydrogen (secondary N) is 1. The molecule has 2 N–H and O–H groups in total. The molecule has 0 unspecified atom stereocenters. The summed E-state index contributed by atoms with van der Waals surface area (Å²) < 4.78 is 5.07. The molecule has 0 aliphatic carbocycles. The van der Waals surface area contributed by atoms with E-state index in [2.05, 4.69) is 17.2 Å². The van der Waals surface area contributed by atoms with E-state index in [1.807, 2.05) is 12.1 Å². The van der Waals surface area contributed by atoms with Gasteiger partial charge in [0.15, 0.2) is 6.61 Å². The SMILES string of the molecule is CCCc1ncc(C(=O)NCCc2ccc(OCC(=O)O)cc2)s1. The van der Waals surface area contributed by atoms with Crippen LogP contribution in [0, 0.1) is 0 Å². The number of nitrogens with zero attached hydrogens (tertiary/aromatic N) is 1. The number of hydrogen-bond donors (Lipinski definition) is 2.